The van der Waals surface area contributed by atoms with Crippen LogP contribution in [-0.4, -0.2) is 69.5 Å². The second kappa shape index (κ2) is 9.83. The summed E-state index contributed by atoms with van der Waals surface area (Å²) in [5, 5.41) is -5.37. The molecule has 4 N–H and O–H groups in total. The highest BCUT2D eigenvalue weighted by molar-refractivity contribution is 7.88. The van der Waals surface area contributed by atoms with Crippen molar-refractivity contribution in [1.82, 2.24) is 0 Å². The van der Waals surface area contributed by atoms with Gasteiger partial charge in [-0.3, -0.25) is 22.4 Å². The SMILES string of the molecule is CCC(CC(CC(CC(C)OS(=O)O)S(=O)(=O)O)S(=O)(=O)O)S(=O)(=O)O. The highest BCUT2D eigenvalue weighted by Gasteiger charge is 2.37. The van der Waals surface area contributed by atoms with Crippen molar-refractivity contribution in [1.29, 1.82) is 0 Å². The molecule has 5 unspecified atom stereocenters. The molecule has 0 radical (unpaired) electrons. The molecular weight excluding hydrogens is 440 g/mol. The molecule has 0 rings (SSSR count). The summed E-state index contributed by atoms with van der Waals surface area (Å²) in [4.78, 5) is 0. The van der Waals surface area contributed by atoms with Gasteiger partial charge < -0.3 is 0 Å². The summed E-state index contributed by atoms with van der Waals surface area (Å²) in [6.45, 7) is 2.51. The van der Waals surface area contributed by atoms with Gasteiger partial charge in [0.25, 0.3) is 30.4 Å². The molecule has 0 heterocycles. The van der Waals surface area contributed by atoms with E-state index < -0.39 is 82.8 Å². The fraction of sp³-hybridized carbons (Fsp3) is 1.00. The predicted molar refractivity (Wildman–Crippen MR) is 91.5 cm³/mol. The van der Waals surface area contributed by atoms with Crippen molar-refractivity contribution in [3.63, 3.8) is 0 Å². The maximum absolute atomic E-state index is 11.5. The van der Waals surface area contributed by atoms with Crippen LogP contribution in [0.25, 0.3) is 0 Å². The predicted octanol–water partition coefficient (Wildman–Crippen LogP) is -0.122. The maximum atomic E-state index is 11.5. The Morgan fingerprint density at radius 3 is 1.46 bits per heavy atom. The van der Waals surface area contributed by atoms with Crippen LogP contribution in [0.1, 0.15) is 39.5 Å². The zero-order chi connectivity index (χ0) is 20.9. The Bertz CT molecular complexity index is 784. The van der Waals surface area contributed by atoms with Gasteiger partial charge >= 0.3 is 11.4 Å². The fourth-order valence-corrected chi connectivity index (χ4v) is 5.75. The van der Waals surface area contributed by atoms with Gasteiger partial charge in [0.15, 0.2) is 0 Å². The molecule has 0 aromatic heterocycles. The van der Waals surface area contributed by atoms with Crippen molar-refractivity contribution < 1.29 is 51.9 Å². The van der Waals surface area contributed by atoms with E-state index in [9.17, 15) is 38.6 Å². The lowest BCUT2D eigenvalue weighted by Crippen LogP contribution is -2.36. The maximum Gasteiger partial charge on any atom is 0.302 e. The molecule has 26 heavy (non-hydrogen) atoms. The first-order valence-electron chi connectivity index (χ1n) is 7.15. The van der Waals surface area contributed by atoms with Gasteiger partial charge in [0.2, 0.25) is 0 Å². The third-order valence-corrected chi connectivity index (χ3v) is 7.93. The van der Waals surface area contributed by atoms with E-state index in [1.165, 1.54) is 13.8 Å². The Balaban J connectivity index is 5.64. The molecule has 0 aromatic rings. The van der Waals surface area contributed by atoms with Gasteiger partial charge in [0.1, 0.15) is 0 Å². The molecule has 0 spiro atoms. The first-order valence-corrected chi connectivity index (χ1v) is 12.7. The van der Waals surface area contributed by atoms with Crippen LogP contribution in [0.15, 0.2) is 0 Å². The number of rotatable bonds is 12. The van der Waals surface area contributed by atoms with E-state index >= 15 is 0 Å². The van der Waals surface area contributed by atoms with Gasteiger partial charge in [-0.05, 0) is 32.6 Å². The van der Waals surface area contributed by atoms with Crippen molar-refractivity contribution >= 4 is 41.7 Å². The van der Waals surface area contributed by atoms with Gasteiger partial charge in [0, 0.05) is 0 Å². The quantitative estimate of drug-likeness (QED) is 0.221. The van der Waals surface area contributed by atoms with Crippen LogP contribution in [0.5, 0.6) is 0 Å². The van der Waals surface area contributed by atoms with Crippen molar-refractivity contribution in [2.45, 2.75) is 61.4 Å². The molecule has 0 aliphatic heterocycles. The average molecular weight is 463 g/mol. The van der Waals surface area contributed by atoms with Crippen LogP contribution in [0.4, 0.5) is 0 Å². The summed E-state index contributed by atoms with van der Waals surface area (Å²) in [6, 6.07) is 0. The second-order valence-electron chi connectivity index (χ2n) is 5.65. The molecule has 0 fully saturated rings. The monoisotopic (exact) mass is 462 g/mol. The van der Waals surface area contributed by atoms with Crippen molar-refractivity contribution in [3.8, 4) is 0 Å². The van der Waals surface area contributed by atoms with Crippen molar-refractivity contribution in [2.24, 2.45) is 0 Å². The molecule has 0 aliphatic carbocycles. The summed E-state index contributed by atoms with van der Waals surface area (Å²) in [7, 11) is -14.5. The van der Waals surface area contributed by atoms with E-state index in [2.05, 4.69) is 4.18 Å². The normalized spacial score (nSPS) is 19.5. The van der Waals surface area contributed by atoms with Crippen LogP contribution >= 0.6 is 0 Å². The molecule has 12 nitrogen and oxygen atoms in total. The van der Waals surface area contributed by atoms with Gasteiger partial charge in [-0.2, -0.15) is 29.5 Å². The minimum absolute atomic E-state index is 0.218. The van der Waals surface area contributed by atoms with Crippen LogP contribution in [0, 0.1) is 0 Å². The van der Waals surface area contributed by atoms with Gasteiger partial charge in [-0.15, -0.1) is 0 Å². The largest absolute Gasteiger partial charge is 0.302 e. The zero-order valence-electron chi connectivity index (χ0n) is 13.8. The topological polar surface area (TPSA) is 210 Å². The molecule has 0 aliphatic rings. The third kappa shape index (κ3) is 9.65. The Hall–Kier alpha value is -0.200. The first-order chi connectivity index (χ1) is 11.5. The lowest BCUT2D eigenvalue weighted by Gasteiger charge is -2.23. The van der Waals surface area contributed by atoms with Gasteiger partial charge in [0.05, 0.1) is 21.9 Å². The van der Waals surface area contributed by atoms with E-state index in [0.717, 1.165) is 0 Å². The van der Waals surface area contributed by atoms with Gasteiger partial charge in [-0.25, -0.2) is 0 Å². The Kier molecular flexibility index (Phi) is 9.76. The summed E-state index contributed by atoms with van der Waals surface area (Å²) >= 11 is -2.75. The molecule has 16 heteroatoms. The molecular formula is C10H22O12S4. The molecule has 0 saturated heterocycles. The highest BCUT2D eigenvalue weighted by atomic mass is 32.2. The van der Waals surface area contributed by atoms with E-state index in [1.807, 2.05) is 0 Å². The zero-order valence-corrected chi connectivity index (χ0v) is 17.1. The van der Waals surface area contributed by atoms with E-state index in [0.29, 0.717) is 0 Å². The van der Waals surface area contributed by atoms with E-state index in [4.69, 9.17) is 9.11 Å². The molecule has 0 bridgehead atoms. The number of hydrogen-bond donors (Lipinski definition) is 4. The molecule has 0 aromatic carbocycles. The lowest BCUT2D eigenvalue weighted by molar-refractivity contribution is 0.206. The van der Waals surface area contributed by atoms with E-state index in [-0.39, 0.29) is 6.42 Å². The lowest BCUT2D eigenvalue weighted by atomic mass is 10.1. The van der Waals surface area contributed by atoms with Crippen LogP contribution < -0.4 is 0 Å². The fourth-order valence-electron chi connectivity index (χ4n) is 2.31. The van der Waals surface area contributed by atoms with Crippen LogP contribution in [0.3, 0.4) is 0 Å². The van der Waals surface area contributed by atoms with Crippen LogP contribution in [-0.2, 0) is 45.9 Å². The molecule has 5 atom stereocenters. The standard InChI is InChI=1S/C10H22O12S4/c1-3-8(24(13,14)15)5-10(26(19,20)21)6-9(25(16,17)18)4-7(2)22-23(11)12/h7-10H,3-6H2,1-2H3,(H,11,12)(H,13,14,15)(H,16,17,18)(H,19,20,21). The first kappa shape index (κ1) is 25.8. The highest BCUT2D eigenvalue weighted by Crippen LogP contribution is 2.25. The molecule has 0 saturated carbocycles. The average Bonchev–Trinajstić information content (AvgIpc) is 2.36. The minimum atomic E-state index is -4.95. The Labute approximate surface area is 155 Å². The molecule has 0 amide bonds. The second-order valence-corrected chi connectivity index (χ2v) is 11.4. The van der Waals surface area contributed by atoms with Crippen molar-refractivity contribution in [3.05, 3.63) is 0 Å². The smallest absolute Gasteiger partial charge is 0.285 e. The van der Waals surface area contributed by atoms with E-state index in [1.54, 1.807) is 0 Å². The summed E-state index contributed by atoms with van der Waals surface area (Å²) < 4.78 is 120. The Morgan fingerprint density at radius 1 is 0.808 bits per heavy atom. The minimum Gasteiger partial charge on any atom is -0.285 e. The summed E-state index contributed by atoms with van der Waals surface area (Å²) in [5.74, 6) is 0. The summed E-state index contributed by atoms with van der Waals surface area (Å²) in [6.07, 6.45) is -3.76. The third-order valence-electron chi connectivity index (χ3n) is 3.61. The van der Waals surface area contributed by atoms with Crippen LogP contribution in [0.2, 0.25) is 0 Å². The molecule has 158 valence electrons. The summed E-state index contributed by atoms with van der Waals surface area (Å²) in [5.41, 5.74) is 0. The Morgan fingerprint density at radius 2 is 1.15 bits per heavy atom. The van der Waals surface area contributed by atoms with Gasteiger partial charge in [-0.1, -0.05) is 6.92 Å². The number of hydrogen-bond acceptors (Lipinski definition) is 8. The van der Waals surface area contributed by atoms with Crippen molar-refractivity contribution in [2.75, 3.05) is 0 Å².